The Kier molecular flexibility index (Phi) is 4.93. The molecule has 0 radical (unpaired) electrons. The minimum absolute atomic E-state index is 0.0581. The van der Waals surface area contributed by atoms with Gasteiger partial charge in [0.1, 0.15) is 5.76 Å². The van der Waals surface area contributed by atoms with Crippen molar-refractivity contribution in [2.24, 2.45) is 0 Å². The van der Waals surface area contributed by atoms with Crippen molar-refractivity contribution in [1.29, 1.82) is 0 Å². The van der Waals surface area contributed by atoms with Gasteiger partial charge in [-0.25, -0.2) is 0 Å². The van der Waals surface area contributed by atoms with Gasteiger partial charge < -0.3 is 14.6 Å². The Morgan fingerprint density at radius 3 is 2.70 bits per heavy atom. The molecule has 2 rings (SSSR count). The van der Waals surface area contributed by atoms with Gasteiger partial charge in [-0.1, -0.05) is 11.6 Å². The van der Waals surface area contributed by atoms with E-state index >= 15 is 0 Å². The van der Waals surface area contributed by atoms with Crippen LogP contribution in [0.25, 0.3) is 0 Å². The molecule has 0 spiro atoms. The quantitative estimate of drug-likeness (QED) is 0.787. The van der Waals surface area contributed by atoms with Crippen LogP contribution in [0.5, 0.6) is 0 Å². The van der Waals surface area contributed by atoms with E-state index in [1.165, 1.54) is 4.90 Å². The monoisotopic (exact) mass is 404 g/mol. The van der Waals surface area contributed by atoms with Gasteiger partial charge in [-0.15, -0.1) is 0 Å². The molecule has 0 aliphatic heterocycles. The zero-order valence-electron chi connectivity index (χ0n) is 11.1. The fraction of sp³-hybridized carbons (Fsp3) is 0.214. The Bertz CT molecular complexity index is 625. The Balaban J connectivity index is 2.14. The second-order valence-corrected chi connectivity index (χ2v) is 5.92. The van der Waals surface area contributed by atoms with Gasteiger partial charge in [0.25, 0.3) is 5.91 Å². The zero-order chi connectivity index (χ0) is 14.7. The number of nitrogens with one attached hydrogen (secondary N) is 1. The third-order valence-electron chi connectivity index (χ3n) is 2.70. The number of carbonyl (C=O) groups excluding carboxylic acids is 1. The summed E-state index contributed by atoms with van der Waals surface area (Å²) in [6.07, 6.45) is 0. The summed E-state index contributed by atoms with van der Waals surface area (Å²) in [6, 6.07) is 8.97. The van der Waals surface area contributed by atoms with Crippen LogP contribution in [-0.4, -0.2) is 24.9 Å². The number of nitrogens with zero attached hydrogens (tertiary/aromatic N) is 1. The van der Waals surface area contributed by atoms with E-state index in [0.717, 1.165) is 9.53 Å². The molecule has 0 saturated heterocycles. The lowest BCUT2D eigenvalue weighted by molar-refractivity contribution is 0.0827. The van der Waals surface area contributed by atoms with Crippen LogP contribution in [0.1, 0.15) is 16.1 Å². The molecule has 2 aromatic rings. The number of furan rings is 1. The predicted molar refractivity (Wildman–Crippen MR) is 88.2 cm³/mol. The highest BCUT2D eigenvalue weighted by atomic mass is 127. The SMILES string of the molecule is CN(C)C(=O)c1ccc(Cl)c(NCc2ccc(I)o2)c1. The average molecular weight is 405 g/mol. The highest BCUT2D eigenvalue weighted by molar-refractivity contribution is 14.1. The van der Waals surface area contributed by atoms with Gasteiger partial charge in [0.15, 0.2) is 3.77 Å². The topological polar surface area (TPSA) is 45.5 Å². The molecule has 0 saturated carbocycles. The van der Waals surface area contributed by atoms with Gasteiger partial charge in [-0.2, -0.15) is 0 Å². The molecule has 0 aliphatic carbocycles. The van der Waals surface area contributed by atoms with E-state index in [-0.39, 0.29) is 5.91 Å². The number of benzene rings is 1. The Morgan fingerprint density at radius 2 is 2.10 bits per heavy atom. The standard InChI is InChI=1S/C14H14ClIN2O2/c1-18(2)14(19)9-3-5-11(15)12(7-9)17-8-10-4-6-13(16)20-10/h3-7,17H,8H2,1-2H3. The van der Waals surface area contributed by atoms with Crippen LogP contribution in [0.4, 0.5) is 5.69 Å². The molecule has 0 bridgehead atoms. The van der Waals surface area contributed by atoms with Gasteiger partial charge in [-0.05, 0) is 52.9 Å². The Morgan fingerprint density at radius 1 is 1.35 bits per heavy atom. The number of hydrogen-bond acceptors (Lipinski definition) is 3. The third-order valence-corrected chi connectivity index (χ3v) is 3.61. The molecule has 1 amide bonds. The number of anilines is 1. The van der Waals surface area contributed by atoms with Crippen molar-refractivity contribution < 1.29 is 9.21 Å². The maximum atomic E-state index is 11.9. The molecule has 6 heteroatoms. The summed E-state index contributed by atoms with van der Waals surface area (Å²) in [6.45, 7) is 0.516. The van der Waals surface area contributed by atoms with E-state index in [2.05, 4.69) is 27.9 Å². The molecule has 1 aromatic carbocycles. The van der Waals surface area contributed by atoms with Crippen molar-refractivity contribution in [3.63, 3.8) is 0 Å². The van der Waals surface area contributed by atoms with Crippen molar-refractivity contribution in [1.82, 2.24) is 4.90 Å². The van der Waals surface area contributed by atoms with Crippen molar-refractivity contribution in [3.8, 4) is 0 Å². The van der Waals surface area contributed by atoms with E-state index in [1.807, 2.05) is 12.1 Å². The second-order valence-electron chi connectivity index (χ2n) is 4.45. The molecular weight excluding hydrogens is 391 g/mol. The number of carbonyl (C=O) groups is 1. The van der Waals surface area contributed by atoms with Gasteiger partial charge in [-0.3, -0.25) is 4.79 Å². The van der Waals surface area contributed by atoms with E-state index in [1.54, 1.807) is 32.3 Å². The lowest BCUT2D eigenvalue weighted by Gasteiger charge is -2.13. The van der Waals surface area contributed by atoms with Gasteiger partial charge in [0, 0.05) is 19.7 Å². The highest BCUT2D eigenvalue weighted by Gasteiger charge is 2.11. The normalized spacial score (nSPS) is 10.4. The van der Waals surface area contributed by atoms with Crippen LogP contribution in [0.2, 0.25) is 5.02 Å². The van der Waals surface area contributed by atoms with Crippen LogP contribution in [0, 0.1) is 3.77 Å². The first-order chi connectivity index (χ1) is 9.47. The van der Waals surface area contributed by atoms with Crippen LogP contribution in [0.3, 0.4) is 0 Å². The molecule has 1 aromatic heterocycles. The largest absolute Gasteiger partial charge is 0.454 e. The summed E-state index contributed by atoms with van der Waals surface area (Å²) >= 11 is 8.24. The first kappa shape index (κ1) is 15.2. The van der Waals surface area contributed by atoms with E-state index < -0.39 is 0 Å². The van der Waals surface area contributed by atoms with Crippen molar-refractivity contribution in [3.05, 3.63) is 50.4 Å². The minimum Gasteiger partial charge on any atom is -0.454 e. The fourth-order valence-electron chi connectivity index (χ4n) is 1.68. The Labute approximate surface area is 136 Å². The molecule has 0 aliphatic rings. The van der Waals surface area contributed by atoms with Crippen LogP contribution >= 0.6 is 34.2 Å². The van der Waals surface area contributed by atoms with Crippen LogP contribution < -0.4 is 5.32 Å². The first-order valence-corrected chi connectivity index (χ1v) is 7.42. The maximum Gasteiger partial charge on any atom is 0.253 e. The summed E-state index contributed by atoms with van der Waals surface area (Å²) in [5, 5.41) is 3.75. The van der Waals surface area contributed by atoms with Gasteiger partial charge >= 0.3 is 0 Å². The lowest BCUT2D eigenvalue weighted by Crippen LogP contribution is -2.21. The molecular formula is C14H14ClIN2O2. The molecule has 20 heavy (non-hydrogen) atoms. The molecule has 0 unspecified atom stereocenters. The van der Waals surface area contributed by atoms with Crippen LogP contribution in [0.15, 0.2) is 34.7 Å². The summed E-state index contributed by atoms with van der Waals surface area (Å²) in [7, 11) is 3.43. The molecule has 1 heterocycles. The lowest BCUT2D eigenvalue weighted by atomic mass is 10.2. The highest BCUT2D eigenvalue weighted by Crippen LogP contribution is 2.24. The summed E-state index contributed by atoms with van der Waals surface area (Å²) < 4.78 is 6.30. The van der Waals surface area contributed by atoms with Gasteiger partial charge in [0.05, 0.1) is 17.3 Å². The number of rotatable bonds is 4. The van der Waals surface area contributed by atoms with Crippen LogP contribution in [-0.2, 0) is 6.54 Å². The predicted octanol–water partition coefficient (Wildman–Crippen LogP) is 3.85. The number of hydrogen-bond donors (Lipinski definition) is 1. The Hall–Kier alpha value is -1.21. The van der Waals surface area contributed by atoms with Crippen molar-refractivity contribution in [2.75, 3.05) is 19.4 Å². The molecule has 4 nitrogen and oxygen atoms in total. The summed E-state index contributed by atoms with van der Waals surface area (Å²) in [4.78, 5) is 13.5. The summed E-state index contributed by atoms with van der Waals surface area (Å²) in [5.74, 6) is 0.757. The van der Waals surface area contributed by atoms with E-state index in [0.29, 0.717) is 22.8 Å². The average Bonchev–Trinajstić information content (AvgIpc) is 2.82. The van der Waals surface area contributed by atoms with Crippen molar-refractivity contribution >= 4 is 45.8 Å². The minimum atomic E-state index is -0.0581. The van der Waals surface area contributed by atoms with E-state index in [9.17, 15) is 4.79 Å². The number of amides is 1. The third kappa shape index (κ3) is 3.67. The smallest absolute Gasteiger partial charge is 0.253 e. The molecule has 0 atom stereocenters. The summed E-state index contributed by atoms with van der Waals surface area (Å²) in [5.41, 5.74) is 1.31. The van der Waals surface area contributed by atoms with Gasteiger partial charge in [0.2, 0.25) is 0 Å². The maximum absolute atomic E-state index is 11.9. The molecule has 106 valence electrons. The second kappa shape index (κ2) is 6.49. The molecule has 0 fully saturated rings. The van der Waals surface area contributed by atoms with Crippen molar-refractivity contribution in [2.45, 2.75) is 6.54 Å². The fourth-order valence-corrected chi connectivity index (χ4v) is 2.33. The van der Waals surface area contributed by atoms with E-state index in [4.69, 9.17) is 16.0 Å². The first-order valence-electron chi connectivity index (χ1n) is 5.96. The zero-order valence-corrected chi connectivity index (χ0v) is 14.0. The number of halogens is 2. The molecule has 1 N–H and O–H groups in total.